The SMILES string of the molecule is CCCCCCCCCNC(=NC)NCc1ccc(CS(=O)(=O)NC)cc1. The van der Waals surface area contributed by atoms with Crippen molar-refractivity contribution in [1.29, 1.82) is 0 Å². The van der Waals surface area contributed by atoms with Gasteiger partial charge in [0.25, 0.3) is 0 Å². The molecule has 1 aromatic carbocycles. The molecule has 0 aliphatic rings. The second-order valence-electron chi connectivity index (χ2n) is 6.75. The topological polar surface area (TPSA) is 82.6 Å². The summed E-state index contributed by atoms with van der Waals surface area (Å²) in [5, 5.41) is 6.63. The zero-order valence-electron chi connectivity index (χ0n) is 17.1. The molecule has 1 rings (SSSR count). The lowest BCUT2D eigenvalue weighted by Gasteiger charge is -2.12. The van der Waals surface area contributed by atoms with E-state index >= 15 is 0 Å². The standard InChI is InChI=1S/C20H36N4O2S/c1-4-5-6-7-8-9-10-15-23-20(21-2)24-16-18-11-13-19(14-12-18)17-27(25,26)22-3/h11-14,22H,4-10,15-17H2,1-3H3,(H2,21,23,24). The highest BCUT2D eigenvalue weighted by Crippen LogP contribution is 2.08. The first-order valence-corrected chi connectivity index (χ1v) is 11.6. The predicted molar refractivity (Wildman–Crippen MR) is 114 cm³/mol. The fourth-order valence-corrected chi connectivity index (χ4v) is 3.52. The molecule has 0 aromatic heterocycles. The van der Waals surface area contributed by atoms with Gasteiger partial charge in [-0.2, -0.15) is 0 Å². The Bertz CT molecular complexity index is 642. The third-order valence-electron chi connectivity index (χ3n) is 4.45. The van der Waals surface area contributed by atoms with E-state index in [-0.39, 0.29) is 5.75 Å². The van der Waals surface area contributed by atoms with E-state index in [1.54, 1.807) is 7.05 Å². The second-order valence-corrected chi connectivity index (χ2v) is 8.68. The molecule has 0 atom stereocenters. The highest BCUT2D eigenvalue weighted by atomic mass is 32.2. The number of hydrogen-bond donors (Lipinski definition) is 3. The summed E-state index contributed by atoms with van der Waals surface area (Å²) in [6, 6.07) is 7.58. The minimum Gasteiger partial charge on any atom is -0.356 e. The molecule has 0 radical (unpaired) electrons. The van der Waals surface area contributed by atoms with Gasteiger partial charge in [-0.1, -0.05) is 69.7 Å². The van der Waals surface area contributed by atoms with Crippen molar-refractivity contribution in [3.8, 4) is 0 Å². The Hall–Kier alpha value is -1.60. The van der Waals surface area contributed by atoms with Crippen LogP contribution in [-0.2, 0) is 22.3 Å². The molecule has 27 heavy (non-hydrogen) atoms. The van der Waals surface area contributed by atoms with Gasteiger partial charge in [-0.15, -0.1) is 0 Å². The largest absolute Gasteiger partial charge is 0.356 e. The number of nitrogens with zero attached hydrogens (tertiary/aromatic N) is 1. The van der Waals surface area contributed by atoms with Gasteiger partial charge in [-0.3, -0.25) is 4.99 Å². The number of sulfonamides is 1. The van der Waals surface area contributed by atoms with Gasteiger partial charge in [-0.25, -0.2) is 13.1 Å². The van der Waals surface area contributed by atoms with E-state index in [2.05, 4.69) is 27.3 Å². The van der Waals surface area contributed by atoms with Crippen molar-refractivity contribution in [1.82, 2.24) is 15.4 Å². The van der Waals surface area contributed by atoms with Crippen LogP contribution in [0, 0.1) is 0 Å². The summed E-state index contributed by atoms with van der Waals surface area (Å²) in [5.74, 6) is 0.793. The van der Waals surface area contributed by atoms with Crippen molar-refractivity contribution in [2.75, 3.05) is 20.6 Å². The first-order valence-electron chi connectivity index (χ1n) is 9.94. The maximum absolute atomic E-state index is 11.6. The maximum Gasteiger partial charge on any atom is 0.215 e. The van der Waals surface area contributed by atoms with Crippen LogP contribution in [0.5, 0.6) is 0 Å². The van der Waals surface area contributed by atoms with Gasteiger partial charge >= 0.3 is 0 Å². The monoisotopic (exact) mass is 396 g/mol. The molecule has 0 aliphatic carbocycles. The van der Waals surface area contributed by atoms with Crippen molar-refractivity contribution >= 4 is 16.0 Å². The van der Waals surface area contributed by atoms with Crippen molar-refractivity contribution < 1.29 is 8.42 Å². The summed E-state index contributed by atoms with van der Waals surface area (Å²) in [4.78, 5) is 4.25. The molecule has 154 valence electrons. The quantitative estimate of drug-likeness (QED) is 0.272. The van der Waals surface area contributed by atoms with Crippen LogP contribution in [0.15, 0.2) is 29.3 Å². The highest BCUT2D eigenvalue weighted by Gasteiger charge is 2.08. The smallest absolute Gasteiger partial charge is 0.215 e. The average Bonchev–Trinajstić information content (AvgIpc) is 2.67. The summed E-state index contributed by atoms with van der Waals surface area (Å²) in [7, 11) is -0.0329. The average molecular weight is 397 g/mol. The third-order valence-corrected chi connectivity index (χ3v) is 5.78. The van der Waals surface area contributed by atoms with E-state index in [4.69, 9.17) is 0 Å². The Kier molecular flexibility index (Phi) is 11.8. The number of unbranched alkanes of at least 4 members (excludes halogenated alkanes) is 6. The highest BCUT2D eigenvalue weighted by molar-refractivity contribution is 7.88. The molecule has 0 saturated carbocycles. The number of hydrogen-bond acceptors (Lipinski definition) is 3. The lowest BCUT2D eigenvalue weighted by atomic mass is 10.1. The molecule has 6 nitrogen and oxygen atoms in total. The van der Waals surface area contributed by atoms with Gasteiger partial charge < -0.3 is 10.6 Å². The molecule has 7 heteroatoms. The molecule has 0 unspecified atom stereocenters. The maximum atomic E-state index is 11.6. The van der Waals surface area contributed by atoms with E-state index in [1.807, 2.05) is 24.3 Å². The Morgan fingerprint density at radius 2 is 1.52 bits per heavy atom. The van der Waals surface area contributed by atoms with Gasteiger partial charge in [0.15, 0.2) is 5.96 Å². The summed E-state index contributed by atoms with van der Waals surface area (Å²) in [5.41, 5.74) is 1.86. The van der Waals surface area contributed by atoms with Crippen molar-refractivity contribution in [2.24, 2.45) is 4.99 Å². The number of benzene rings is 1. The van der Waals surface area contributed by atoms with Crippen LogP contribution in [0.25, 0.3) is 0 Å². The molecule has 3 N–H and O–H groups in total. The van der Waals surface area contributed by atoms with E-state index in [0.717, 1.165) is 30.1 Å². The predicted octanol–water partition coefficient (Wildman–Crippen LogP) is 3.15. The van der Waals surface area contributed by atoms with Gasteiger partial charge in [-0.05, 0) is 24.6 Å². The first-order chi connectivity index (χ1) is 13.0. The third kappa shape index (κ3) is 11.0. The van der Waals surface area contributed by atoms with E-state index < -0.39 is 10.0 Å². The molecule has 0 fully saturated rings. The molecule has 0 spiro atoms. The number of aliphatic imine (C=N–C) groups is 1. The lowest BCUT2D eigenvalue weighted by Crippen LogP contribution is -2.37. The normalized spacial score (nSPS) is 12.2. The van der Waals surface area contributed by atoms with Crippen molar-refractivity contribution in [3.05, 3.63) is 35.4 Å². The van der Waals surface area contributed by atoms with Crippen LogP contribution in [0.1, 0.15) is 63.0 Å². The van der Waals surface area contributed by atoms with Gasteiger partial charge in [0.2, 0.25) is 10.0 Å². The molecular weight excluding hydrogens is 360 g/mol. The van der Waals surface area contributed by atoms with Gasteiger partial charge in [0.1, 0.15) is 0 Å². The fourth-order valence-electron chi connectivity index (χ4n) is 2.74. The Morgan fingerprint density at radius 1 is 0.926 bits per heavy atom. The molecule has 0 amide bonds. The number of guanidine groups is 1. The lowest BCUT2D eigenvalue weighted by molar-refractivity contribution is 0.583. The van der Waals surface area contributed by atoms with Gasteiger partial charge in [0.05, 0.1) is 5.75 Å². The zero-order chi connectivity index (χ0) is 20.0. The summed E-state index contributed by atoms with van der Waals surface area (Å²) in [6.07, 6.45) is 9.05. The van der Waals surface area contributed by atoms with Crippen LogP contribution in [0.3, 0.4) is 0 Å². The van der Waals surface area contributed by atoms with Crippen LogP contribution in [0.2, 0.25) is 0 Å². The summed E-state index contributed by atoms with van der Waals surface area (Å²) in [6.45, 7) is 3.81. The Morgan fingerprint density at radius 3 is 2.11 bits per heavy atom. The fraction of sp³-hybridized carbons (Fsp3) is 0.650. The zero-order valence-corrected chi connectivity index (χ0v) is 17.9. The molecule has 0 saturated heterocycles. The molecule has 0 heterocycles. The number of rotatable bonds is 13. The van der Waals surface area contributed by atoms with Crippen molar-refractivity contribution in [2.45, 2.75) is 64.2 Å². The Balaban J connectivity index is 2.26. The van der Waals surface area contributed by atoms with Gasteiger partial charge in [0, 0.05) is 20.1 Å². The second kappa shape index (κ2) is 13.6. The summed E-state index contributed by atoms with van der Waals surface area (Å²) >= 11 is 0. The van der Waals surface area contributed by atoms with E-state index in [0.29, 0.717) is 6.54 Å². The van der Waals surface area contributed by atoms with Crippen LogP contribution in [0.4, 0.5) is 0 Å². The first kappa shape index (κ1) is 23.4. The molecule has 0 aliphatic heterocycles. The summed E-state index contributed by atoms with van der Waals surface area (Å²) < 4.78 is 25.5. The van der Waals surface area contributed by atoms with Crippen LogP contribution >= 0.6 is 0 Å². The van der Waals surface area contributed by atoms with Crippen LogP contribution in [-0.4, -0.2) is 35.0 Å². The van der Waals surface area contributed by atoms with Crippen molar-refractivity contribution in [3.63, 3.8) is 0 Å². The molecule has 0 bridgehead atoms. The van der Waals surface area contributed by atoms with E-state index in [9.17, 15) is 8.42 Å². The van der Waals surface area contributed by atoms with E-state index in [1.165, 1.54) is 45.6 Å². The van der Waals surface area contributed by atoms with Crippen LogP contribution < -0.4 is 15.4 Å². The molecule has 1 aromatic rings. The minimum atomic E-state index is -3.23. The Labute approximate surface area is 165 Å². The number of nitrogens with one attached hydrogen (secondary N) is 3. The molecular formula is C20H36N4O2S. The minimum absolute atomic E-state index is 0.00111.